The van der Waals surface area contributed by atoms with Crippen molar-refractivity contribution in [2.24, 2.45) is 13.0 Å². The summed E-state index contributed by atoms with van der Waals surface area (Å²) in [6, 6.07) is 0.132. The van der Waals surface area contributed by atoms with Crippen LogP contribution in [0.3, 0.4) is 0 Å². The molecule has 23 heavy (non-hydrogen) atoms. The van der Waals surface area contributed by atoms with Crippen LogP contribution in [0.15, 0.2) is 17.3 Å². The van der Waals surface area contributed by atoms with Crippen molar-refractivity contribution in [1.82, 2.24) is 19.4 Å². The second kappa shape index (κ2) is 7.27. The smallest absolute Gasteiger partial charge is 0.243 e. The van der Waals surface area contributed by atoms with Crippen molar-refractivity contribution in [1.29, 1.82) is 0 Å². The van der Waals surface area contributed by atoms with E-state index in [0.717, 1.165) is 26.1 Å². The highest BCUT2D eigenvalue weighted by Crippen LogP contribution is 2.22. The number of aryl methyl sites for hydroxylation is 1. The van der Waals surface area contributed by atoms with Gasteiger partial charge in [0, 0.05) is 51.4 Å². The van der Waals surface area contributed by atoms with Crippen LogP contribution in [0.1, 0.15) is 6.42 Å². The van der Waals surface area contributed by atoms with Gasteiger partial charge in [-0.3, -0.25) is 9.58 Å². The SMILES string of the molecule is Cn1cc(S(=O)(=O)NC[C@@H]([C@@H]2CCOC2)N2CCOCC2)cn1. The predicted octanol–water partition coefficient (Wildman–Crippen LogP) is -0.564. The van der Waals surface area contributed by atoms with Crippen LogP contribution in [0, 0.1) is 5.92 Å². The summed E-state index contributed by atoms with van der Waals surface area (Å²) in [5, 5.41) is 3.93. The van der Waals surface area contributed by atoms with E-state index in [-0.39, 0.29) is 10.9 Å². The van der Waals surface area contributed by atoms with Crippen LogP contribution in [0.25, 0.3) is 0 Å². The van der Waals surface area contributed by atoms with Crippen molar-refractivity contribution in [3.8, 4) is 0 Å². The first-order chi connectivity index (χ1) is 11.1. The highest BCUT2D eigenvalue weighted by molar-refractivity contribution is 7.89. The van der Waals surface area contributed by atoms with Gasteiger partial charge in [-0.15, -0.1) is 0 Å². The fourth-order valence-electron chi connectivity index (χ4n) is 3.18. The van der Waals surface area contributed by atoms with E-state index in [0.29, 0.717) is 32.3 Å². The van der Waals surface area contributed by atoms with E-state index in [1.54, 1.807) is 7.05 Å². The third-order valence-corrected chi connectivity index (χ3v) is 5.88. The first-order valence-corrected chi connectivity index (χ1v) is 9.42. The molecule has 1 aromatic rings. The zero-order valence-corrected chi connectivity index (χ0v) is 14.2. The van der Waals surface area contributed by atoms with Crippen LogP contribution in [0.4, 0.5) is 0 Å². The fraction of sp³-hybridized carbons (Fsp3) is 0.786. The number of ether oxygens (including phenoxy) is 2. The Morgan fingerprint density at radius 3 is 2.74 bits per heavy atom. The van der Waals surface area contributed by atoms with Gasteiger partial charge in [0.25, 0.3) is 0 Å². The molecule has 2 aliphatic heterocycles. The van der Waals surface area contributed by atoms with Crippen molar-refractivity contribution in [2.45, 2.75) is 17.4 Å². The molecule has 0 spiro atoms. The highest BCUT2D eigenvalue weighted by atomic mass is 32.2. The standard InChI is InChI=1S/C14H24N4O4S/c1-17-10-13(8-15-17)23(19,20)16-9-14(12-2-5-22-11-12)18-3-6-21-7-4-18/h8,10,12,14,16H,2-7,9,11H2,1H3/t12-,14+/m1/s1. The maximum atomic E-state index is 12.4. The van der Waals surface area contributed by atoms with E-state index in [1.807, 2.05) is 0 Å². The molecule has 1 aromatic heterocycles. The Kier molecular flexibility index (Phi) is 5.32. The second-order valence-electron chi connectivity index (χ2n) is 6.04. The molecule has 0 radical (unpaired) electrons. The van der Waals surface area contributed by atoms with Crippen LogP contribution in [-0.4, -0.2) is 75.2 Å². The molecule has 2 fully saturated rings. The predicted molar refractivity (Wildman–Crippen MR) is 83.5 cm³/mol. The van der Waals surface area contributed by atoms with Crippen molar-refractivity contribution >= 4 is 10.0 Å². The van der Waals surface area contributed by atoms with Crippen LogP contribution >= 0.6 is 0 Å². The number of aromatic nitrogens is 2. The van der Waals surface area contributed by atoms with Crippen LogP contribution in [-0.2, 0) is 26.5 Å². The van der Waals surface area contributed by atoms with Gasteiger partial charge in [-0.2, -0.15) is 5.10 Å². The lowest BCUT2D eigenvalue weighted by Crippen LogP contribution is -2.52. The lowest BCUT2D eigenvalue weighted by molar-refractivity contribution is 0.00271. The summed E-state index contributed by atoms with van der Waals surface area (Å²) < 4.78 is 40.0. The van der Waals surface area contributed by atoms with Crippen LogP contribution in [0.5, 0.6) is 0 Å². The quantitative estimate of drug-likeness (QED) is 0.744. The van der Waals surface area contributed by atoms with Crippen molar-refractivity contribution in [3.05, 3.63) is 12.4 Å². The van der Waals surface area contributed by atoms with E-state index in [1.165, 1.54) is 17.1 Å². The third kappa shape index (κ3) is 4.10. The Morgan fingerprint density at radius 1 is 1.35 bits per heavy atom. The number of nitrogens with zero attached hydrogens (tertiary/aromatic N) is 3. The number of nitrogens with one attached hydrogen (secondary N) is 1. The van der Waals surface area contributed by atoms with E-state index in [4.69, 9.17) is 9.47 Å². The number of sulfonamides is 1. The first-order valence-electron chi connectivity index (χ1n) is 7.94. The van der Waals surface area contributed by atoms with Crippen molar-refractivity contribution < 1.29 is 17.9 Å². The third-order valence-electron chi connectivity index (χ3n) is 4.50. The van der Waals surface area contributed by atoms with Gasteiger partial charge in [0.15, 0.2) is 0 Å². The van der Waals surface area contributed by atoms with Gasteiger partial charge in [-0.1, -0.05) is 0 Å². The fourth-order valence-corrected chi connectivity index (χ4v) is 4.21. The molecule has 3 heterocycles. The molecule has 0 saturated carbocycles. The molecule has 2 atom stereocenters. The van der Waals surface area contributed by atoms with Gasteiger partial charge in [-0.25, -0.2) is 13.1 Å². The van der Waals surface area contributed by atoms with Gasteiger partial charge in [0.2, 0.25) is 10.0 Å². The van der Waals surface area contributed by atoms with E-state index >= 15 is 0 Å². The van der Waals surface area contributed by atoms with E-state index < -0.39 is 10.0 Å². The average molecular weight is 344 g/mol. The van der Waals surface area contributed by atoms with Gasteiger partial charge < -0.3 is 9.47 Å². The van der Waals surface area contributed by atoms with Crippen molar-refractivity contribution in [3.63, 3.8) is 0 Å². The minimum Gasteiger partial charge on any atom is -0.381 e. The summed E-state index contributed by atoms with van der Waals surface area (Å²) in [5.41, 5.74) is 0. The van der Waals surface area contributed by atoms with Gasteiger partial charge in [-0.05, 0) is 6.42 Å². The summed E-state index contributed by atoms with van der Waals surface area (Å²) >= 11 is 0. The lowest BCUT2D eigenvalue weighted by atomic mass is 9.97. The summed E-state index contributed by atoms with van der Waals surface area (Å²) in [6.45, 7) is 4.87. The molecule has 2 saturated heterocycles. The van der Waals surface area contributed by atoms with Gasteiger partial charge >= 0.3 is 0 Å². The lowest BCUT2D eigenvalue weighted by Gasteiger charge is -2.37. The largest absolute Gasteiger partial charge is 0.381 e. The molecule has 0 bridgehead atoms. The molecule has 0 aliphatic carbocycles. The summed E-state index contributed by atoms with van der Waals surface area (Å²) in [5.74, 6) is 0.352. The van der Waals surface area contributed by atoms with Crippen molar-refractivity contribution in [2.75, 3.05) is 46.1 Å². The number of hydrogen-bond donors (Lipinski definition) is 1. The molecule has 2 aliphatic rings. The summed E-state index contributed by atoms with van der Waals surface area (Å²) in [7, 11) is -1.83. The summed E-state index contributed by atoms with van der Waals surface area (Å²) in [4.78, 5) is 2.51. The average Bonchev–Trinajstić information content (AvgIpc) is 3.20. The van der Waals surface area contributed by atoms with Gasteiger partial charge in [0.05, 0.1) is 26.0 Å². The van der Waals surface area contributed by atoms with Gasteiger partial charge in [0.1, 0.15) is 4.90 Å². The Morgan fingerprint density at radius 2 is 2.13 bits per heavy atom. The second-order valence-corrected chi connectivity index (χ2v) is 7.81. The highest BCUT2D eigenvalue weighted by Gasteiger charge is 2.32. The molecule has 9 heteroatoms. The Hall–Kier alpha value is -1.00. The van der Waals surface area contributed by atoms with E-state index in [2.05, 4.69) is 14.7 Å². The normalized spacial score (nSPS) is 24.8. The monoisotopic (exact) mass is 344 g/mol. The Balaban J connectivity index is 1.68. The zero-order chi connectivity index (χ0) is 16.3. The maximum absolute atomic E-state index is 12.4. The summed E-state index contributed by atoms with van der Waals surface area (Å²) in [6.07, 6.45) is 3.84. The topological polar surface area (TPSA) is 85.7 Å². The number of morpholine rings is 1. The minimum absolute atomic E-state index is 0.132. The molecular formula is C14H24N4O4S. The van der Waals surface area contributed by atoms with E-state index in [9.17, 15) is 8.42 Å². The Labute approximate surface area is 136 Å². The molecular weight excluding hydrogens is 320 g/mol. The molecule has 0 unspecified atom stereocenters. The molecule has 0 amide bonds. The minimum atomic E-state index is -3.53. The maximum Gasteiger partial charge on any atom is 0.243 e. The van der Waals surface area contributed by atoms with Crippen LogP contribution in [0.2, 0.25) is 0 Å². The molecule has 8 nitrogen and oxygen atoms in total. The first kappa shape index (κ1) is 16.8. The molecule has 3 rings (SSSR count). The Bertz CT molecular complexity index is 606. The molecule has 130 valence electrons. The number of hydrogen-bond acceptors (Lipinski definition) is 6. The molecule has 1 N–H and O–H groups in total. The zero-order valence-electron chi connectivity index (χ0n) is 13.3. The van der Waals surface area contributed by atoms with Crippen LogP contribution < -0.4 is 4.72 Å². The molecule has 0 aromatic carbocycles. The number of rotatable bonds is 6.